The number of carbonyl (C=O) groups excluding carboxylic acids is 1. The zero-order valence-electron chi connectivity index (χ0n) is 18.5. The minimum Gasteiger partial charge on any atom is -0.339 e. The summed E-state index contributed by atoms with van der Waals surface area (Å²) in [6.45, 7) is 3.83. The molecule has 0 atom stereocenters. The number of aromatic nitrogens is 3. The van der Waals surface area contributed by atoms with Crippen LogP contribution in [0.1, 0.15) is 34.3 Å². The molecule has 1 aromatic carbocycles. The van der Waals surface area contributed by atoms with Crippen LogP contribution in [0.3, 0.4) is 0 Å². The highest BCUT2D eigenvalue weighted by atomic mass is 16.2. The number of nitriles is 1. The van der Waals surface area contributed by atoms with Gasteiger partial charge in [0.1, 0.15) is 0 Å². The number of piperidine rings is 1. The van der Waals surface area contributed by atoms with E-state index in [0.29, 0.717) is 22.5 Å². The molecule has 4 rings (SSSR count). The molecule has 8 heteroatoms. The number of nitrogens with zero attached hydrogens (tertiary/aromatic N) is 5. The van der Waals surface area contributed by atoms with E-state index >= 15 is 0 Å². The number of likely N-dealkylation sites (tertiary alicyclic amines) is 1. The minimum atomic E-state index is -0.243. The molecule has 0 aliphatic carbocycles. The van der Waals surface area contributed by atoms with E-state index in [4.69, 9.17) is 5.26 Å². The number of aromatic amines is 1. The first-order valence-electron chi connectivity index (χ1n) is 10.6. The van der Waals surface area contributed by atoms with Gasteiger partial charge >= 0.3 is 0 Å². The van der Waals surface area contributed by atoms with Crippen molar-refractivity contribution in [2.75, 3.05) is 27.2 Å². The number of nitrogens with one attached hydrogen (secondary N) is 1. The summed E-state index contributed by atoms with van der Waals surface area (Å²) in [5.74, 6) is 0.345. The monoisotopic (exact) mass is 430 g/mol. The number of pyridine rings is 1. The molecule has 2 aromatic heterocycles. The van der Waals surface area contributed by atoms with Crippen molar-refractivity contribution in [3.63, 3.8) is 0 Å². The molecule has 32 heavy (non-hydrogen) atoms. The second-order valence-electron chi connectivity index (χ2n) is 8.32. The highest BCUT2D eigenvalue weighted by Gasteiger charge is 2.25. The lowest BCUT2D eigenvalue weighted by molar-refractivity contribution is 0.0659. The normalized spacial score (nSPS) is 14.8. The highest BCUT2D eigenvalue weighted by Crippen LogP contribution is 2.22. The molecule has 164 valence electrons. The fourth-order valence-corrected chi connectivity index (χ4v) is 4.17. The number of hydrogen-bond donors (Lipinski definition) is 1. The third kappa shape index (κ3) is 4.07. The summed E-state index contributed by atoms with van der Waals surface area (Å²) in [7, 11) is 3.94. The molecule has 1 saturated heterocycles. The largest absolute Gasteiger partial charge is 0.339 e. The molecule has 0 radical (unpaired) electrons. The predicted octanol–water partition coefficient (Wildman–Crippen LogP) is 2.57. The van der Waals surface area contributed by atoms with Gasteiger partial charge in [-0.05, 0) is 75.3 Å². The first-order chi connectivity index (χ1) is 15.4. The molecular weight excluding hydrogens is 404 g/mol. The first-order valence-corrected chi connectivity index (χ1v) is 10.6. The number of hydrogen-bond acceptors (Lipinski definition) is 5. The molecule has 0 unspecified atom stereocenters. The van der Waals surface area contributed by atoms with E-state index in [1.165, 1.54) is 10.9 Å². The van der Waals surface area contributed by atoms with Crippen molar-refractivity contribution in [2.45, 2.75) is 25.8 Å². The van der Waals surface area contributed by atoms with Crippen molar-refractivity contribution in [1.82, 2.24) is 24.6 Å². The zero-order valence-corrected chi connectivity index (χ0v) is 18.5. The Morgan fingerprint density at radius 2 is 1.97 bits per heavy atom. The lowest BCUT2D eigenvalue weighted by atomic mass is 10.0. The number of aryl methyl sites for hydroxylation is 1. The third-order valence-electron chi connectivity index (χ3n) is 6.20. The van der Waals surface area contributed by atoms with Crippen LogP contribution in [-0.2, 0) is 0 Å². The Bertz CT molecular complexity index is 1230. The molecule has 0 spiro atoms. The number of benzene rings is 1. The van der Waals surface area contributed by atoms with Crippen molar-refractivity contribution in [2.24, 2.45) is 0 Å². The van der Waals surface area contributed by atoms with E-state index in [9.17, 15) is 9.59 Å². The highest BCUT2D eigenvalue weighted by molar-refractivity contribution is 5.94. The fraction of sp³-hybridized carbons (Fsp3) is 0.333. The van der Waals surface area contributed by atoms with Crippen LogP contribution in [0.5, 0.6) is 0 Å². The second kappa shape index (κ2) is 8.81. The molecule has 1 aliphatic heterocycles. The van der Waals surface area contributed by atoms with E-state index in [-0.39, 0.29) is 17.5 Å². The summed E-state index contributed by atoms with van der Waals surface area (Å²) < 4.78 is 1.35. The molecular formula is C24H26N6O2. The lowest BCUT2D eigenvalue weighted by Crippen LogP contribution is -2.44. The molecule has 8 nitrogen and oxygen atoms in total. The zero-order chi connectivity index (χ0) is 22.8. The predicted molar refractivity (Wildman–Crippen MR) is 122 cm³/mol. The van der Waals surface area contributed by atoms with Gasteiger partial charge in [0, 0.05) is 25.5 Å². The molecule has 1 amide bonds. The van der Waals surface area contributed by atoms with Gasteiger partial charge in [0.2, 0.25) is 0 Å². The third-order valence-corrected chi connectivity index (χ3v) is 6.20. The Morgan fingerprint density at radius 3 is 2.59 bits per heavy atom. The molecule has 3 aromatic rings. The summed E-state index contributed by atoms with van der Waals surface area (Å²) >= 11 is 0. The molecule has 1 fully saturated rings. The Labute approximate surface area is 186 Å². The maximum absolute atomic E-state index is 13.0. The fourth-order valence-electron chi connectivity index (χ4n) is 4.17. The van der Waals surface area contributed by atoms with Gasteiger partial charge in [-0.1, -0.05) is 6.07 Å². The molecule has 1 N–H and O–H groups in total. The molecule has 3 heterocycles. The average molecular weight is 431 g/mol. The quantitative estimate of drug-likeness (QED) is 0.686. The van der Waals surface area contributed by atoms with Gasteiger partial charge in [-0.15, -0.1) is 0 Å². The van der Waals surface area contributed by atoms with Crippen LogP contribution in [0.4, 0.5) is 0 Å². The van der Waals surface area contributed by atoms with Gasteiger partial charge < -0.3 is 9.80 Å². The molecule has 0 bridgehead atoms. The maximum Gasteiger partial charge on any atom is 0.280 e. The Kier molecular flexibility index (Phi) is 5.93. The maximum atomic E-state index is 13.0. The van der Waals surface area contributed by atoms with Crippen molar-refractivity contribution in [3.05, 3.63) is 69.8 Å². The van der Waals surface area contributed by atoms with Gasteiger partial charge in [0.15, 0.2) is 5.82 Å². The lowest BCUT2D eigenvalue weighted by Gasteiger charge is -2.35. The van der Waals surface area contributed by atoms with Crippen LogP contribution in [0.25, 0.3) is 16.9 Å². The number of H-pyrrole nitrogens is 1. The van der Waals surface area contributed by atoms with Crippen molar-refractivity contribution < 1.29 is 4.79 Å². The van der Waals surface area contributed by atoms with Crippen LogP contribution in [-0.4, -0.2) is 63.7 Å². The number of carbonyl (C=O) groups is 1. The van der Waals surface area contributed by atoms with E-state index in [0.717, 1.165) is 37.1 Å². The number of rotatable bonds is 4. The SMILES string of the molecule is Cc1cc(C#N)ccc1-c1c[nH]n(-c2ccc(C(=O)N(C)C3CCN(C)CC3)cn2)c1=O. The minimum absolute atomic E-state index is 0.0636. The summed E-state index contributed by atoms with van der Waals surface area (Å²) in [5, 5.41) is 12.0. The van der Waals surface area contributed by atoms with Gasteiger partial charge in [0.05, 0.1) is 22.8 Å². The summed E-state index contributed by atoms with van der Waals surface area (Å²) in [5.41, 5.74) is 2.91. The van der Waals surface area contributed by atoms with Crippen LogP contribution in [0.2, 0.25) is 0 Å². The Balaban J connectivity index is 1.54. The standard InChI is InChI=1S/C24H26N6O2/c1-16-12-17(13-25)4-6-20(16)21-15-27-30(24(21)32)22-7-5-18(14-26-22)23(31)29(3)19-8-10-28(2)11-9-19/h4-7,12,14-15,19,27H,8-11H2,1-3H3. The van der Waals surface area contributed by atoms with E-state index in [2.05, 4.69) is 28.1 Å². The van der Waals surface area contributed by atoms with E-state index < -0.39 is 0 Å². The Morgan fingerprint density at radius 1 is 1.22 bits per heavy atom. The molecule has 0 saturated carbocycles. The van der Waals surface area contributed by atoms with E-state index in [1.54, 1.807) is 41.4 Å². The number of amides is 1. The average Bonchev–Trinajstić information content (AvgIpc) is 3.19. The smallest absolute Gasteiger partial charge is 0.280 e. The van der Waals surface area contributed by atoms with Gasteiger partial charge in [-0.3, -0.25) is 14.7 Å². The van der Waals surface area contributed by atoms with Gasteiger partial charge in [-0.2, -0.15) is 5.26 Å². The second-order valence-corrected chi connectivity index (χ2v) is 8.32. The molecule has 1 aliphatic rings. The van der Waals surface area contributed by atoms with Crippen LogP contribution < -0.4 is 5.56 Å². The van der Waals surface area contributed by atoms with Crippen LogP contribution in [0, 0.1) is 18.3 Å². The topological polar surface area (TPSA) is 98.0 Å². The van der Waals surface area contributed by atoms with Gasteiger partial charge in [-0.25, -0.2) is 9.67 Å². The Hall–Kier alpha value is -3.70. The van der Waals surface area contributed by atoms with Crippen LogP contribution in [0.15, 0.2) is 47.5 Å². The van der Waals surface area contributed by atoms with Crippen LogP contribution >= 0.6 is 0 Å². The van der Waals surface area contributed by atoms with Crippen molar-refractivity contribution >= 4 is 5.91 Å². The summed E-state index contributed by atoms with van der Waals surface area (Å²) in [4.78, 5) is 34.3. The summed E-state index contributed by atoms with van der Waals surface area (Å²) in [6, 6.07) is 10.9. The van der Waals surface area contributed by atoms with Crippen molar-refractivity contribution in [3.8, 4) is 23.0 Å². The first kappa shape index (κ1) is 21.5. The van der Waals surface area contributed by atoms with Crippen molar-refractivity contribution in [1.29, 1.82) is 5.26 Å². The summed E-state index contributed by atoms with van der Waals surface area (Å²) in [6.07, 6.45) is 5.06. The van der Waals surface area contributed by atoms with Gasteiger partial charge in [0.25, 0.3) is 11.5 Å². The van der Waals surface area contributed by atoms with E-state index in [1.807, 2.05) is 14.0 Å².